The Hall–Kier alpha value is -0.570. The normalized spacial score (nSPS) is 19.3. The van der Waals surface area contributed by atoms with E-state index < -0.39 is 0 Å². The lowest BCUT2D eigenvalue weighted by molar-refractivity contribution is 0.408. The Morgan fingerprint density at radius 1 is 1.22 bits per heavy atom. The van der Waals surface area contributed by atoms with Crippen molar-refractivity contribution < 1.29 is 9.13 Å². The summed E-state index contributed by atoms with van der Waals surface area (Å²) in [5.41, 5.74) is 0.766. The molecular formula is C15H20BrFO. The van der Waals surface area contributed by atoms with Crippen LogP contribution in [-0.2, 0) is 0 Å². The van der Waals surface area contributed by atoms with Gasteiger partial charge in [-0.1, -0.05) is 47.7 Å². The van der Waals surface area contributed by atoms with Gasteiger partial charge in [0.15, 0.2) is 0 Å². The molecule has 1 fully saturated rings. The van der Waals surface area contributed by atoms with Crippen molar-refractivity contribution in [2.45, 2.75) is 43.4 Å². The van der Waals surface area contributed by atoms with Gasteiger partial charge in [0.1, 0.15) is 11.6 Å². The van der Waals surface area contributed by atoms with Gasteiger partial charge in [-0.15, -0.1) is 0 Å². The van der Waals surface area contributed by atoms with E-state index in [1.165, 1.54) is 44.6 Å². The largest absolute Gasteiger partial charge is 0.497 e. The van der Waals surface area contributed by atoms with Gasteiger partial charge < -0.3 is 4.74 Å². The molecule has 0 radical (unpaired) electrons. The minimum atomic E-state index is -0.166. The average Bonchev–Trinajstić information content (AvgIpc) is 2.66. The second kappa shape index (κ2) is 6.55. The Morgan fingerprint density at radius 3 is 2.44 bits per heavy atom. The first-order chi connectivity index (χ1) is 8.72. The molecule has 1 aromatic rings. The molecule has 1 atom stereocenters. The summed E-state index contributed by atoms with van der Waals surface area (Å²) in [7, 11) is 1.56. The summed E-state index contributed by atoms with van der Waals surface area (Å²) >= 11 is 3.70. The van der Waals surface area contributed by atoms with Crippen LogP contribution in [0, 0.1) is 11.7 Å². The van der Waals surface area contributed by atoms with Crippen molar-refractivity contribution in [3.8, 4) is 5.75 Å². The molecule has 3 heteroatoms. The standard InChI is InChI=1S/C15H20BrFO/c1-18-12-8-9-13(14(17)10-12)15(16)11-6-4-2-3-5-7-11/h8-11,15H,2-7H2,1H3. The van der Waals surface area contributed by atoms with E-state index >= 15 is 0 Å². The Bertz CT molecular complexity index is 386. The van der Waals surface area contributed by atoms with Gasteiger partial charge in [-0.05, 0) is 24.8 Å². The van der Waals surface area contributed by atoms with Crippen LogP contribution in [0.15, 0.2) is 18.2 Å². The molecule has 0 aliphatic heterocycles. The fourth-order valence-electron chi connectivity index (χ4n) is 2.72. The lowest BCUT2D eigenvalue weighted by atomic mass is 9.92. The molecule has 0 heterocycles. The van der Waals surface area contributed by atoms with Crippen molar-refractivity contribution >= 4 is 15.9 Å². The maximum absolute atomic E-state index is 14.0. The van der Waals surface area contributed by atoms with Crippen LogP contribution in [0.1, 0.15) is 48.9 Å². The molecule has 1 aromatic carbocycles. The van der Waals surface area contributed by atoms with Gasteiger partial charge in [0, 0.05) is 16.5 Å². The lowest BCUT2D eigenvalue weighted by Gasteiger charge is -2.21. The van der Waals surface area contributed by atoms with Gasteiger partial charge in [-0.2, -0.15) is 0 Å². The Balaban J connectivity index is 2.14. The number of methoxy groups -OCH3 is 1. The molecule has 0 saturated heterocycles. The Kier molecular flexibility index (Phi) is 5.04. The molecule has 18 heavy (non-hydrogen) atoms. The molecule has 0 aromatic heterocycles. The zero-order valence-corrected chi connectivity index (χ0v) is 12.4. The predicted molar refractivity (Wildman–Crippen MR) is 75.8 cm³/mol. The summed E-state index contributed by atoms with van der Waals surface area (Å²) in [6, 6.07) is 5.15. The van der Waals surface area contributed by atoms with Crippen LogP contribution in [0.3, 0.4) is 0 Å². The van der Waals surface area contributed by atoms with E-state index in [0.29, 0.717) is 11.7 Å². The van der Waals surface area contributed by atoms with Gasteiger partial charge in [0.25, 0.3) is 0 Å². The number of benzene rings is 1. The molecule has 1 nitrogen and oxygen atoms in total. The first-order valence-corrected chi connectivity index (χ1v) is 7.61. The summed E-state index contributed by atoms with van der Waals surface area (Å²) in [5, 5.41) is 0. The molecule has 0 bridgehead atoms. The first-order valence-electron chi connectivity index (χ1n) is 6.70. The van der Waals surface area contributed by atoms with E-state index in [1.807, 2.05) is 12.1 Å². The lowest BCUT2D eigenvalue weighted by Crippen LogP contribution is -2.08. The fraction of sp³-hybridized carbons (Fsp3) is 0.600. The third-order valence-electron chi connectivity index (χ3n) is 3.82. The number of hydrogen-bond acceptors (Lipinski definition) is 1. The molecule has 100 valence electrons. The van der Waals surface area contributed by atoms with Crippen LogP contribution in [0.25, 0.3) is 0 Å². The van der Waals surface area contributed by atoms with E-state index in [2.05, 4.69) is 15.9 Å². The number of rotatable bonds is 3. The summed E-state index contributed by atoms with van der Waals surface area (Å²) in [4.78, 5) is 0.126. The summed E-state index contributed by atoms with van der Waals surface area (Å²) in [6.45, 7) is 0. The van der Waals surface area contributed by atoms with Crippen molar-refractivity contribution in [1.29, 1.82) is 0 Å². The molecular weight excluding hydrogens is 295 g/mol. The second-order valence-electron chi connectivity index (χ2n) is 5.04. The molecule has 1 aliphatic rings. The number of hydrogen-bond donors (Lipinski definition) is 0. The molecule has 0 spiro atoms. The number of ether oxygens (including phenoxy) is 1. The van der Waals surface area contributed by atoms with Gasteiger partial charge >= 0.3 is 0 Å². The van der Waals surface area contributed by atoms with Crippen LogP contribution in [-0.4, -0.2) is 7.11 Å². The molecule has 0 N–H and O–H groups in total. The van der Waals surface area contributed by atoms with E-state index in [4.69, 9.17) is 4.74 Å². The molecule has 0 amide bonds. The van der Waals surface area contributed by atoms with Crippen molar-refractivity contribution in [2.24, 2.45) is 5.92 Å². The SMILES string of the molecule is COc1ccc(C(Br)C2CCCCCC2)c(F)c1. The zero-order valence-electron chi connectivity index (χ0n) is 10.8. The smallest absolute Gasteiger partial charge is 0.131 e. The van der Waals surface area contributed by atoms with Crippen LogP contribution in [0.5, 0.6) is 5.75 Å². The first kappa shape index (κ1) is 13.9. The highest BCUT2D eigenvalue weighted by Crippen LogP contribution is 2.40. The van der Waals surface area contributed by atoms with Gasteiger partial charge in [0.05, 0.1) is 7.11 Å². The van der Waals surface area contributed by atoms with Gasteiger partial charge in [-0.25, -0.2) is 4.39 Å². The van der Waals surface area contributed by atoms with Crippen LogP contribution >= 0.6 is 15.9 Å². The van der Waals surface area contributed by atoms with Crippen LogP contribution in [0.4, 0.5) is 4.39 Å². The van der Waals surface area contributed by atoms with Crippen LogP contribution < -0.4 is 4.74 Å². The minimum Gasteiger partial charge on any atom is -0.497 e. The third kappa shape index (κ3) is 3.25. The Morgan fingerprint density at radius 2 is 1.89 bits per heavy atom. The summed E-state index contributed by atoms with van der Waals surface area (Å²) < 4.78 is 19.1. The highest BCUT2D eigenvalue weighted by molar-refractivity contribution is 9.09. The van der Waals surface area contributed by atoms with Crippen LogP contribution in [0.2, 0.25) is 0 Å². The van der Waals surface area contributed by atoms with Gasteiger partial charge in [-0.3, -0.25) is 0 Å². The minimum absolute atomic E-state index is 0.126. The summed E-state index contributed by atoms with van der Waals surface area (Å²) in [5.74, 6) is 0.965. The van der Waals surface area contributed by atoms with E-state index in [0.717, 1.165) is 5.56 Å². The highest BCUT2D eigenvalue weighted by atomic mass is 79.9. The quantitative estimate of drug-likeness (QED) is 0.547. The number of halogens is 2. The summed E-state index contributed by atoms with van der Waals surface area (Å²) in [6.07, 6.45) is 7.57. The van der Waals surface area contributed by atoms with Crippen molar-refractivity contribution in [2.75, 3.05) is 7.11 Å². The maximum Gasteiger partial charge on any atom is 0.131 e. The van der Waals surface area contributed by atoms with Crippen molar-refractivity contribution in [3.63, 3.8) is 0 Å². The second-order valence-corrected chi connectivity index (χ2v) is 6.03. The van der Waals surface area contributed by atoms with Gasteiger partial charge in [0.2, 0.25) is 0 Å². The van der Waals surface area contributed by atoms with E-state index in [9.17, 15) is 4.39 Å². The Labute approximate surface area is 117 Å². The molecule has 1 unspecified atom stereocenters. The zero-order chi connectivity index (χ0) is 13.0. The van der Waals surface area contributed by atoms with Crippen molar-refractivity contribution in [1.82, 2.24) is 0 Å². The van der Waals surface area contributed by atoms with E-state index in [-0.39, 0.29) is 10.6 Å². The van der Waals surface area contributed by atoms with E-state index in [1.54, 1.807) is 7.11 Å². The topological polar surface area (TPSA) is 9.23 Å². The number of alkyl halides is 1. The highest BCUT2D eigenvalue weighted by Gasteiger charge is 2.24. The monoisotopic (exact) mass is 314 g/mol. The maximum atomic E-state index is 14.0. The molecule has 1 saturated carbocycles. The van der Waals surface area contributed by atoms with Crippen molar-refractivity contribution in [3.05, 3.63) is 29.6 Å². The average molecular weight is 315 g/mol. The fourth-order valence-corrected chi connectivity index (χ4v) is 3.62. The molecule has 2 rings (SSSR count). The third-order valence-corrected chi connectivity index (χ3v) is 5.06. The molecule has 1 aliphatic carbocycles. The predicted octanol–water partition coefficient (Wildman–Crippen LogP) is 5.24.